The minimum absolute atomic E-state index is 0.0180. The first kappa shape index (κ1) is 60.7. The topological polar surface area (TPSA) is 291 Å². The Bertz CT molecular complexity index is 2180. The number of carbonyl (C=O) groups excluding carboxylic acids is 3. The van der Waals surface area contributed by atoms with Gasteiger partial charge in [-0.05, 0) is 74.4 Å². The molecule has 6 saturated heterocycles. The Kier molecular flexibility index (Phi) is 19.9. The lowest BCUT2D eigenvalue weighted by molar-refractivity contribution is -0.439. The Morgan fingerprint density at radius 3 is 1.44 bits per heavy atom. The number of carbonyl (C=O) groups is 4. The Hall–Kier alpha value is -3.90. The maximum atomic E-state index is 15.9. The number of hydrogen-bond acceptors (Lipinski definition) is 24. The predicted molar refractivity (Wildman–Crippen MR) is 284 cm³/mol. The van der Waals surface area contributed by atoms with Gasteiger partial charge in [-0.3, -0.25) is 14.4 Å². The standard InChI is InChI=1S/C52H90N12O13/c1-45(2,3)75-50-34-59-22-19-53-13-16-56-25-28-62(50)39(31-40(65)72-50)48(32-41(66)73-51(76-46(4,5)6)35-60-23-20-54-14-17-57-26-29-63(48)51)49(71-38-12-10-11-37(43(38)68)44(69)70)33-42(67)74-52(77-47(7,8)9)36-61-24-21-55-15-18-58-27-30-64(49)52/h10-12,39,53-61,68H,13-36H2,1-9H3,(H,69,70). The van der Waals surface area contributed by atoms with Crippen molar-refractivity contribution in [1.29, 1.82) is 0 Å². The van der Waals surface area contributed by atoms with Crippen LogP contribution < -0.4 is 52.6 Å². The number of aromatic hydroxyl groups is 1. The number of benzene rings is 1. The highest BCUT2D eigenvalue weighted by atomic mass is 16.8. The molecule has 436 valence electrons. The van der Waals surface area contributed by atoms with Gasteiger partial charge < -0.3 is 91.2 Å². The molecular weight excluding hydrogens is 1000 g/mol. The van der Waals surface area contributed by atoms with E-state index in [1.807, 2.05) is 72.1 Å². The highest BCUT2D eigenvalue weighted by molar-refractivity contribution is 5.91. The number of fused-ring (bicyclic) bond motifs is 3. The molecule has 6 fully saturated rings. The molecule has 0 spiro atoms. The zero-order chi connectivity index (χ0) is 55.8. The van der Waals surface area contributed by atoms with Gasteiger partial charge in [-0.1, -0.05) is 6.07 Å². The Labute approximate surface area is 453 Å². The van der Waals surface area contributed by atoms with Crippen LogP contribution in [0.15, 0.2) is 18.2 Å². The lowest BCUT2D eigenvalue weighted by Gasteiger charge is -2.70. The monoisotopic (exact) mass is 1090 g/mol. The lowest BCUT2D eigenvalue weighted by Crippen LogP contribution is -2.92. The highest BCUT2D eigenvalue weighted by Gasteiger charge is 2.79. The zero-order valence-corrected chi connectivity index (χ0v) is 47.0. The van der Waals surface area contributed by atoms with Gasteiger partial charge in [0.1, 0.15) is 17.5 Å². The van der Waals surface area contributed by atoms with Crippen LogP contribution in [0.5, 0.6) is 11.5 Å². The van der Waals surface area contributed by atoms with Gasteiger partial charge in [0.05, 0.1) is 55.3 Å². The first-order chi connectivity index (χ1) is 36.4. The normalized spacial score (nSPS) is 32.5. The molecule has 6 aliphatic rings. The minimum atomic E-state index is -2.36. The summed E-state index contributed by atoms with van der Waals surface area (Å²) in [6.07, 6.45) is -1.69. The number of esters is 3. The van der Waals surface area contributed by atoms with Crippen molar-refractivity contribution in [3.63, 3.8) is 0 Å². The van der Waals surface area contributed by atoms with Gasteiger partial charge in [-0.25, -0.2) is 14.6 Å². The molecule has 0 bridgehead atoms. The van der Waals surface area contributed by atoms with Crippen molar-refractivity contribution < 1.29 is 62.5 Å². The van der Waals surface area contributed by atoms with E-state index in [1.165, 1.54) is 18.2 Å². The van der Waals surface area contributed by atoms with E-state index >= 15 is 14.4 Å². The second kappa shape index (κ2) is 25.3. The average molecular weight is 1090 g/mol. The SMILES string of the molecule is CC(C)(C)OC12CNCCNCCNCCN1C(C1(C3(Oc4cccc(C(=O)O)c4O)CC(=O)OC4(OC(C)(C)C)CNCCNCCNCCN43)CC(=O)OC3(OC(C)(C)C)CNCCNCCNCCN31)CC(=O)O2. The third-order valence-electron chi connectivity index (χ3n) is 14.1. The zero-order valence-electron chi connectivity index (χ0n) is 47.0. The highest BCUT2D eigenvalue weighted by Crippen LogP contribution is 2.58. The summed E-state index contributed by atoms with van der Waals surface area (Å²) in [5.41, 5.74) is -8.03. The third-order valence-corrected chi connectivity index (χ3v) is 14.1. The number of aromatic carboxylic acids is 1. The summed E-state index contributed by atoms with van der Waals surface area (Å²) in [4.78, 5) is 65.9. The number of rotatable bonds is 8. The maximum absolute atomic E-state index is 15.9. The number of nitrogens with one attached hydrogen (secondary N) is 9. The average Bonchev–Trinajstić information content (AvgIpc) is 3.33. The van der Waals surface area contributed by atoms with Crippen molar-refractivity contribution in [1.82, 2.24) is 62.6 Å². The second-order valence-electron chi connectivity index (χ2n) is 23.6. The van der Waals surface area contributed by atoms with E-state index in [4.69, 9.17) is 33.2 Å². The van der Waals surface area contributed by atoms with Gasteiger partial charge >= 0.3 is 23.9 Å². The summed E-state index contributed by atoms with van der Waals surface area (Å²) in [5.74, 6) is -10.9. The van der Waals surface area contributed by atoms with E-state index in [0.717, 1.165) is 0 Å². The van der Waals surface area contributed by atoms with Crippen molar-refractivity contribution in [2.24, 2.45) is 0 Å². The van der Waals surface area contributed by atoms with Crippen LogP contribution in [0, 0.1) is 0 Å². The Morgan fingerprint density at radius 1 is 0.545 bits per heavy atom. The summed E-state index contributed by atoms with van der Waals surface area (Å²) in [6, 6.07) is 2.84. The molecule has 6 aliphatic heterocycles. The predicted octanol–water partition coefficient (Wildman–Crippen LogP) is -1.23. The summed E-state index contributed by atoms with van der Waals surface area (Å²) in [7, 11) is 0. The van der Waals surface area contributed by atoms with E-state index in [-0.39, 0.29) is 58.1 Å². The summed E-state index contributed by atoms with van der Waals surface area (Å²) < 4.78 is 49.6. The first-order valence-corrected chi connectivity index (χ1v) is 27.6. The van der Waals surface area contributed by atoms with Crippen molar-refractivity contribution in [2.75, 3.05) is 137 Å². The minimum Gasteiger partial charge on any atom is -0.504 e. The molecule has 0 radical (unpaired) electrons. The van der Waals surface area contributed by atoms with E-state index in [2.05, 4.69) is 47.9 Å². The molecule has 6 atom stereocenters. The molecule has 6 heterocycles. The molecule has 7 rings (SSSR count). The van der Waals surface area contributed by atoms with E-state index in [0.29, 0.717) is 85.1 Å². The van der Waals surface area contributed by atoms with Crippen LogP contribution in [-0.4, -0.2) is 238 Å². The van der Waals surface area contributed by atoms with Crippen molar-refractivity contribution >= 4 is 23.9 Å². The van der Waals surface area contributed by atoms with E-state index in [9.17, 15) is 15.0 Å². The fourth-order valence-corrected chi connectivity index (χ4v) is 11.7. The van der Waals surface area contributed by atoms with Crippen LogP contribution in [0.1, 0.15) is 91.9 Å². The Morgan fingerprint density at radius 2 is 0.948 bits per heavy atom. The quantitative estimate of drug-likeness (QED) is 0.107. The summed E-state index contributed by atoms with van der Waals surface area (Å²) in [5, 5.41) is 54.5. The van der Waals surface area contributed by atoms with Gasteiger partial charge in [0, 0.05) is 118 Å². The van der Waals surface area contributed by atoms with Crippen LogP contribution in [0.3, 0.4) is 0 Å². The third kappa shape index (κ3) is 14.4. The molecule has 25 heteroatoms. The van der Waals surface area contributed by atoms with E-state index < -0.39 is 106 Å². The number of nitrogens with zero attached hydrogens (tertiary/aromatic N) is 3. The summed E-state index contributed by atoms with van der Waals surface area (Å²) >= 11 is 0. The number of carboxylic acid groups (broad SMARTS) is 1. The van der Waals surface area contributed by atoms with Crippen LogP contribution in [0.25, 0.3) is 0 Å². The molecule has 77 heavy (non-hydrogen) atoms. The molecule has 0 amide bonds. The lowest BCUT2D eigenvalue weighted by atomic mass is 9.68. The molecule has 11 N–H and O–H groups in total. The number of hydrogen-bond donors (Lipinski definition) is 11. The number of carboxylic acids is 1. The molecule has 25 nitrogen and oxygen atoms in total. The van der Waals surface area contributed by atoms with Gasteiger partial charge in [-0.15, -0.1) is 0 Å². The van der Waals surface area contributed by atoms with Crippen LogP contribution in [0.4, 0.5) is 0 Å². The largest absolute Gasteiger partial charge is 0.504 e. The van der Waals surface area contributed by atoms with Crippen LogP contribution in [-0.2, 0) is 42.8 Å². The van der Waals surface area contributed by atoms with Gasteiger partial charge in [-0.2, -0.15) is 4.90 Å². The molecule has 1 aromatic rings. The smallest absolute Gasteiger partial charge is 0.339 e. The molecule has 0 saturated carbocycles. The van der Waals surface area contributed by atoms with Crippen LogP contribution >= 0.6 is 0 Å². The molecule has 0 aliphatic carbocycles. The summed E-state index contributed by atoms with van der Waals surface area (Å²) in [6.45, 7) is 23.8. The fraction of sp³-hybridized carbons (Fsp3) is 0.808. The number of para-hydroxylation sites is 1. The molecular formula is C52H90N12O13. The van der Waals surface area contributed by atoms with Crippen molar-refractivity contribution in [3.05, 3.63) is 23.8 Å². The van der Waals surface area contributed by atoms with Gasteiger partial charge in [0.2, 0.25) is 0 Å². The number of phenols is 1. The fourth-order valence-electron chi connectivity index (χ4n) is 11.7. The molecule has 6 unspecified atom stereocenters. The molecule has 0 aromatic heterocycles. The van der Waals surface area contributed by atoms with Crippen molar-refractivity contribution in [2.45, 2.75) is 133 Å². The van der Waals surface area contributed by atoms with Gasteiger partial charge in [0.25, 0.3) is 17.7 Å². The molecule has 1 aromatic carbocycles. The number of ether oxygens (including phenoxy) is 7. The second-order valence-corrected chi connectivity index (χ2v) is 23.6. The van der Waals surface area contributed by atoms with Gasteiger partial charge in [0.15, 0.2) is 17.2 Å². The van der Waals surface area contributed by atoms with Crippen LogP contribution in [0.2, 0.25) is 0 Å². The first-order valence-electron chi connectivity index (χ1n) is 27.6. The maximum Gasteiger partial charge on any atom is 0.339 e. The van der Waals surface area contributed by atoms with E-state index in [1.54, 1.807) is 4.90 Å². The Balaban J connectivity index is 1.71. The van der Waals surface area contributed by atoms with Crippen molar-refractivity contribution in [3.8, 4) is 11.5 Å².